The molecule has 3 aromatic rings. The lowest BCUT2D eigenvalue weighted by Gasteiger charge is -2.36. The van der Waals surface area contributed by atoms with Gasteiger partial charge in [0.05, 0.1) is 17.8 Å². The van der Waals surface area contributed by atoms with Crippen molar-refractivity contribution in [1.29, 1.82) is 0 Å². The maximum absolute atomic E-state index is 14.5. The molecule has 3 aromatic heterocycles. The quantitative estimate of drug-likeness (QED) is 0.641. The van der Waals surface area contributed by atoms with Gasteiger partial charge in [0, 0.05) is 63.3 Å². The number of anilines is 2. The van der Waals surface area contributed by atoms with Gasteiger partial charge in [0.2, 0.25) is 0 Å². The molecular formula is C23H25FN6O. The van der Waals surface area contributed by atoms with E-state index in [1.54, 1.807) is 13.3 Å². The summed E-state index contributed by atoms with van der Waals surface area (Å²) in [6.07, 6.45) is 5.44. The Bertz CT molecular complexity index is 1080. The third-order valence-electron chi connectivity index (χ3n) is 6.16. The van der Waals surface area contributed by atoms with Gasteiger partial charge in [0.1, 0.15) is 23.1 Å². The lowest BCUT2D eigenvalue weighted by Crippen LogP contribution is -2.36. The molecule has 160 valence electrons. The number of fused-ring (bicyclic) bond motifs is 1. The third kappa shape index (κ3) is 3.83. The Morgan fingerprint density at radius 2 is 1.97 bits per heavy atom. The number of ether oxygens (including phenoxy) is 1. The second-order valence-electron chi connectivity index (χ2n) is 8.02. The number of halogens is 1. The van der Waals surface area contributed by atoms with Gasteiger partial charge in [-0.05, 0) is 25.5 Å². The van der Waals surface area contributed by atoms with Crippen LogP contribution >= 0.6 is 0 Å². The van der Waals surface area contributed by atoms with E-state index < -0.39 is 0 Å². The Labute approximate surface area is 180 Å². The average Bonchev–Trinajstić information content (AvgIpc) is 3.29. The van der Waals surface area contributed by atoms with Crippen molar-refractivity contribution in [3.05, 3.63) is 59.8 Å². The summed E-state index contributed by atoms with van der Waals surface area (Å²) in [5.41, 5.74) is 2.81. The molecule has 0 amide bonds. The summed E-state index contributed by atoms with van der Waals surface area (Å²) in [4.78, 5) is 22.7. The van der Waals surface area contributed by atoms with Crippen LogP contribution in [-0.4, -0.2) is 52.8 Å². The SMILES string of the molecule is COC1CCN(c2cc(F)cc(N3CCc4nc(-c5ccccn5)ncc4C3C)n2)C1. The predicted octanol–water partition coefficient (Wildman–Crippen LogP) is 3.42. The molecule has 1 saturated heterocycles. The van der Waals surface area contributed by atoms with E-state index in [2.05, 4.69) is 26.7 Å². The molecule has 0 aliphatic carbocycles. The first-order valence-corrected chi connectivity index (χ1v) is 10.6. The summed E-state index contributed by atoms with van der Waals surface area (Å²) < 4.78 is 20.0. The molecule has 5 rings (SSSR count). The zero-order valence-corrected chi connectivity index (χ0v) is 17.7. The monoisotopic (exact) mass is 420 g/mol. The topological polar surface area (TPSA) is 67.3 Å². The van der Waals surface area contributed by atoms with Crippen LogP contribution in [0, 0.1) is 5.82 Å². The van der Waals surface area contributed by atoms with E-state index in [-0.39, 0.29) is 18.0 Å². The van der Waals surface area contributed by atoms with Crippen LogP contribution in [0.25, 0.3) is 11.5 Å². The smallest absolute Gasteiger partial charge is 0.178 e. The summed E-state index contributed by atoms with van der Waals surface area (Å²) >= 11 is 0. The Morgan fingerprint density at radius 1 is 1.10 bits per heavy atom. The van der Waals surface area contributed by atoms with Crippen molar-refractivity contribution >= 4 is 11.6 Å². The molecular weight excluding hydrogens is 395 g/mol. The fourth-order valence-corrected chi connectivity index (χ4v) is 4.40. The Hall–Kier alpha value is -3.13. The molecule has 0 N–H and O–H groups in total. The highest BCUT2D eigenvalue weighted by Gasteiger charge is 2.29. The normalized spacial score (nSPS) is 20.7. The van der Waals surface area contributed by atoms with Crippen LogP contribution in [0.15, 0.2) is 42.7 Å². The van der Waals surface area contributed by atoms with Crippen LogP contribution in [0.2, 0.25) is 0 Å². The van der Waals surface area contributed by atoms with Gasteiger partial charge in [0.15, 0.2) is 5.82 Å². The number of methoxy groups -OCH3 is 1. The van der Waals surface area contributed by atoms with E-state index >= 15 is 0 Å². The molecule has 7 nitrogen and oxygen atoms in total. The summed E-state index contributed by atoms with van der Waals surface area (Å²) in [6.45, 7) is 4.35. The molecule has 2 unspecified atom stereocenters. The van der Waals surface area contributed by atoms with Crippen molar-refractivity contribution in [1.82, 2.24) is 19.9 Å². The van der Waals surface area contributed by atoms with Crippen molar-refractivity contribution in [2.45, 2.75) is 31.9 Å². The minimum atomic E-state index is -0.277. The fraction of sp³-hybridized carbons (Fsp3) is 0.391. The standard InChI is InChI=1S/C23H25FN6O/c1-15-18-13-26-23(20-5-3-4-8-25-20)27-19(18)7-10-30(15)22-12-16(24)11-21(28-22)29-9-6-17(14-29)31-2/h3-5,8,11-13,15,17H,6-7,9-10,14H2,1-2H3. The summed E-state index contributed by atoms with van der Waals surface area (Å²) in [7, 11) is 1.72. The molecule has 5 heterocycles. The first kappa shape index (κ1) is 19.8. The van der Waals surface area contributed by atoms with Crippen molar-refractivity contribution in [3.63, 3.8) is 0 Å². The number of hydrogen-bond donors (Lipinski definition) is 0. The lowest BCUT2D eigenvalue weighted by molar-refractivity contribution is 0.121. The van der Waals surface area contributed by atoms with Crippen LogP contribution in [0.1, 0.15) is 30.6 Å². The molecule has 0 spiro atoms. The molecule has 0 radical (unpaired) electrons. The van der Waals surface area contributed by atoms with E-state index in [0.29, 0.717) is 24.0 Å². The summed E-state index contributed by atoms with van der Waals surface area (Å²) in [5.74, 6) is 1.66. The molecule has 0 saturated carbocycles. The second kappa shape index (κ2) is 8.19. The molecule has 2 atom stereocenters. The molecule has 31 heavy (non-hydrogen) atoms. The number of rotatable bonds is 4. The van der Waals surface area contributed by atoms with Crippen LogP contribution in [0.4, 0.5) is 16.0 Å². The van der Waals surface area contributed by atoms with E-state index in [1.807, 2.05) is 24.4 Å². The van der Waals surface area contributed by atoms with Crippen molar-refractivity contribution in [2.75, 3.05) is 36.5 Å². The molecule has 8 heteroatoms. The maximum Gasteiger partial charge on any atom is 0.178 e. The van der Waals surface area contributed by atoms with Gasteiger partial charge in [-0.15, -0.1) is 0 Å². The Kier molecular flexibility index (Phi) is 5.23. The van der Waals surface area contributed by atoms with Crippen molar-refractivity contribution < 1.29 is 9.13 Å². The van der Waals surface area contributed by atoms with Crippen LogP contribution in [0.5, 0.6) is 0 Å². The number of pyridine rings is 2. The highest BCUT2D eigenvalue weighted by atomic mass is 19.1. The number of aromatic nitrogens is 4. The number of nitrogens with zero attached hydrogens (tertiary/aromatic N) is 6. The van der Waals surface area contributed by atoms with Gasteiger partial charge in [0.25, 0.3) is 0 Å². The van der Waals surface area contributed by atoms with Gasteiger partial charge >= 0.3 is 0 Å². The third-order valence-corrected chi connectivity index (χ3v) is 6.16. The lowest BCUT2D eigenvalue weighted by atomic mass is 9.99. The Balaban J connectivity index is 1.42. The van der Waals surface area contributed by atoms with Crippen molar-refractivity contribution in [2.24, 2.45) is 0 Å². The van der Waals surface area contributed by atoms with Gasteiger partial charge in [-0.2, -0.15) is 0 Å². The first-order valence-electron chi connectivity index (χ1n) is 10.6. The largest absolute Gasteiger partial charge is 0.380 e. The van der Waals surface area contributed by atoms with Gasteiger partial charge in [-0.25, -0.2) is 19.3 Å². The average molecular weight is 420 g/mol. The maximum atomic E-state index is 14.5. The van der Waals surface area contributed by atoms with Crippen LogP contribution < -0.4 is 9.80 Å². The van der Waals surface area contributed by atoms with Crippen molar-refractivity contribution in [3.8, 4) is 11.5 Å². The Morgan fingerprint density at radius 3 is 2.74 bits per heavy atom. The highest BCUT2D eigenvalue weighted by molar-refractivity contribution is 5.54. The molecule has 0 bridgehead atoms. The zero-order valence-electron chi connectivity index (χ0n) is 17.7. The molecule has 0 aromatic carbocycles. The summed E-state index contributed by atoms with van der Waals surface area (Å²) in [5, 5.41) is 0. The molecule has 2 aliphatic rings. The highest BCUT2D eigenvalue weighted by Crippen LogP contribution is 2.34. The minimum absolute atomic E-state index is 0.00557. The summed E-state index contributed by atoms with van der Waals surface area (Å²) in [6, 6.07) is 8.72. The minimum Gasteiger partial charge on any atom is -0.380 e. The number of hydrogen-bond acceptors (Lipinski definition) is 7. The molecule has 2 aliphatic heterocycles. The second-order valence-corrected chi connectivity index (χ2v) is 8.02. The van der Waals surface area contributed by atoms with Crippen LogP contribution in [-0.2, 0) is 11.2 Å². The van der Waals surface area contributed by atoms with E-state index in [0.717, 1.165) is 42.9 Å². The van der Waals surface area contributed by atoms with Gasteiger partial charge in [-0.3, -0.25) is 4.98 Å². The first-order chi connectivity index (χ1) is 15.1. The predicted molar refractivity (Wildman–Crippen MR) is 117 cm³/mol. The van der Waals surface area contributed by atoms with E-state index in [9.17, 15) is 4.39 Å². The van der Waals surface area contributed by atoms with Crippen LogP contribution in [0.3, 0.4) is 0 Å². The zero-order chi connectivity index (χ0) is 21.4. The van der Waals surface area contributed by atoms with Gasteiger partial charge < -0.3 is 14.5 Å². The van der Waals surface area contributed by atoms with E-state index in [4.69, 9.17) is 14.7 Å². The van der Waals surface area contributed by atoms with Gasteiger partial charge in [-0.1, -0.05) is 6.07 Å². The fourth-order valence-electron chi connectivity index (χ4n) is 4.40. The van der Waals surface area contributed by atoms with E-state index in [1.165, 1.54) is 12.1 Å². The molecule has 1 fully saturated rings.